The number of ketones is 1. The minimum absolute atomic E-state index is 0.0306. The number of nitrogens with zero attached hydrogens (tertiary/aromatic N) is 1. The summed E-state index contributed by atoms with van der Waals surface area (Å²) in [7, 11) is 0. The molecule has 0 unspecified atom stereocenters. The molecule has 0 radical (unpaired) electrons. The van der Waals surface area contributed by atoms with Crippen LogP contribution in [0.4, 0.5) is 8.78 Å². The van der Waals surface area contributed by atoms with Crippen LogP contribution in [-0.2, 0) is 6.42 Å². The van der Waals surface area contributed by atoms with Crippen molar-refractivity contribution in [3.05, 3.63) is 65.5 Å². The van der Waals surface area contributed by atoms with Crippen LogP contribution in [0, 0.1) is 11.6 Å². The standard InChI is InChI=1S/C13H9F2NO/c14-11-4-3-9(6-12(11)15)7-13(17)10-2-1-5-16-8-10/h1-6,8H,7H2. The highest BCUT2D eigenvalue weighted by Crippen LogP contribution is 2.11. The SMILES string of the molecule is O=C(Cc1ccc(F)c(F)c1)c1cccnc1. The Morgan fingerprint density at radius 1 is 1.18 bits per heavy atom. The van der Waals surface area contributed by atoms with E-state index >= 15 is 0 Å². The first-order valence-corrected chi connectivity index (χ1v) is 5.04. The predicted molar refractivity (Wildman–Crippen MR) is 58.6 cm³/mol. The van der Waals surface area contributed by atoms with Crippen molar-refractivity contribution in [2.45, 2.75) is 6.42 Å². The van der Waals surface area contributed by atoms with Gasteiger partial charge < -0.3 is 0 Å². The molecule has 2 rings (SSSR count). The molecule has 0 aliphatic carbocycles. The second-order valence-electron chi connectivity index (χ2n) is 3.59. The molecule has 1 heterocycles. The normalized spacial score (nSPS) is 10.2. The average Bonchev–Trinajstić information content (AvgIpc) is 2.35. The van der Waals surface area contributed by atoms with Gasteiger partial charge >= 0.3 is 0 Å². The molecule has 0 bridgehead atoms. The molecule has 0 atom stereocenters. The first-order valence-electron chi connectivity index (χ1n) is 5.04. The van der Waals surface area contributed by atoms with Crippen LogP contribution < -0.4 is 0 Å². The Morgan fingerprint density at radius 2 is 2.00 bits per heavy atom. The van der Waals surface area contributed by atoms with Gasteiger partial charge in [0, 0.05) is 24.4 Å². The van der Waals surface area contributed by atoms with Gasteiger partial charge in [0.1, 0.15) is 0 Å². The molecule has 4 heteroatoms. The lowest BCUT2D eigenvalue weighted by molar-refractivity contribution is 0.0992. The Hall–Kier alpha value is -2.10. The van der Waals surface area contributed by atoms with E-state index in [1.54, 1.807) is 18.3 Å². The Balaban J connectivity index is 2.16. The Kier molecular flexibility index (Phi) is 3.23. The molecule has 0 saturated carbocycles. The Labute approximate surface area is 96.9 Å². The van der Waals surface area contributed by atoms with E-state index in [4.69, 9.17) is 0 Å². The van der Waals surface area contributed by atoms with Gasteiger partial charge in [0.05, 0.1) is 0 Å². The number of hydrogen-bond donors (Lipinski definition) is 0. The summed E-state index contributed by atoms with van der Waals surface area (Å²) in [6.07, 6.45) is 3.04. The van der Waals surface area contributed by atoms with Gasteiger partial charge in [-0.15, -0.1) is 0 Å². The van der Waals surface area contributed by atoms with Crippen LogP contribution in [0.5, 0.6) is 0 Å². The fourth-order valence-electron chi connectivity index (χ4n) is 1.46. The van der Waals surface area contributed by atoms with Crippen molar-refractivity contribution in [1.82, 2.24) is 4.98 Å². The largest absolute Gasteiger partial charge is 0.294 e. The lowest BCUT2D eigenvalue weighted by Crippen LogP contribution is -2.04. The maximum Gasteiger partial charge on any atom is 0.168 e. The molecular formula is C13H9F2NO. The van der Waals surface area contributed by atoms with E-state index in [2.05, 4.69) is 4.98 Å². The second kappa shape index (κ2) is 4.82. The monoisotopic (exact) mass is 233 g/mol. The maximum absolute atomic E-state index is 12.9. The van der Waals surface area contributed by atoms with Crippen LogP contribution in [-0.4, -0.2) is 10.8 Å². The van der Waals surface area contributed by atoms with Crippen LogP contribution in [0.2, 0.25) is 0 Å². The topological polar surface area (TPSA) is 30.0 Å². The summed E-state index contributed by atoms with van der Waals surface area (Å²) in [5, 5.41) is 0. The number of rotatable bonds is 3. The number of carbonyl (C=O) groups excluding carboxylic acids is 1. The summed E-state index contributed by atoms with van der Waals surface area (Å²) >= 11 is 0. The van der Waals surface area contributed by atoms with Gasteiger partial charge in [0.25, 0.3) is 0 Å². The first kappa shape index (κ1) is 11.4. The third kappa shape index (κ3) is 2.72. The third-order valence-electron chi connectivity index (χ3n) is 2.33. The van der Waals surface area contributed by atoms with Gasteiger partial charge in [-0.25, -0.2) is 8.78 Å². The summed E-state index contributed by atoms with van der Waals surface area (Å²) in [5.41, 5.74) is 0.898. The molecule has 0 spiro atoms. The van der Waals surface area contributed by atoms with Gasteiger partial charge in [-0.05, 0) is 29.8 Å². The molecule has 86 valence electrons. The van der Waals surface area contributed by atoms with E-state index in [1.165, 1.54) is 12.3 Å². The fraction of sp³-hybridized carbons (Fsp3) is 0.0769. The highest BCUT2D eigenvalue weighted by molar-refractivity contribution is 5.97. The van der Waals surface area contributed by atoms with Crippen LogP contribution >= 0.6 is 0 Å². The van der Waals surface area contributed by atoms with Crippen molar-refractivity contribution in [3.63, 3.8) is 0 Å². The van der Waals surface area contributed by atoms with Gasteiger partial charge in [-0.2, -0.15) is 0 Å². The highest BCUT2D eigenvalue weighted by atomic mass is 19.2. The number of hydrogen-bond acceptors (Lipinski definition) is 2. The first-order chi connectivity index (χ1) is 8.16. The third-order valence-corrected chi connectivity index (χ3v) is 2.33. The number of pyridine rings is 1. The maximum atomic E-state index is 12.9. The minimum atomic E-state index is -0.943. The van der Waals surface area contributed by atoms with Crippen molar-refractivity contribution in [1.29, 1.82) is 0 Å². The van der Waals surface area contributed by atoms with Crippen molar-refractivity contribution in [2.24, 2.45) is 0 Å². The molecule has 0 saturated heterocycles. The van der Waals surface area contributed by atoms with E-state index in [-0.39, 0.29) is 12.2 Å². The Morgan fingerprint density at radius 3 is 2.65 bits per heavy atom. The van der Waals surface area contributed by atoms with E-state index in [9.17, 15) is 13.6 Å². The summed E-state index contributed by atoms with van der Waals surface area (Å²) < 4.78 is 25.6. The Bertz CT molecular complexity index is 540. The summed E-state index contributed by atoms with van der Waals surface area (Å²) in [6.45, 7) is 0. The summed E-state index contributed by atoms with van der Waals surface area (Å²) in [6, 6.07) is 6.73. The zero-order valence-electron chi connectivity index (χ0n) is 8.86. The molecule has 2 aromatic rings. The summed E-state index contributed by atoms with van der Waals surface area (Å²) in [4.78, 5) is 15.6. The molecule has 1 aromatic heterocycles. The van der Waals surface area contributed by atoms with Crippen LogP contribution in [0.15, 0.2) is 42.7 Å². The van der Waals surface area contributed by atoms with Crippen molar-refractivity contribution in [2.75, 3.05) is 0 Å². The predicted octanol–water partition coefficient (Wildman–Crippen LogP) is 2.79. The lowest BCUT2D eigenvalue weighted by atomic mass is 10.0. The molecule has 17 heavy (non-hydrogen) atoms. The molecular weight excluding hydrogens is 224 g/mol. The van der Waals surface area contributed by atoms with Crippen LogP contribution in [0.1, 0.15) is 15.9 Å². The summed E-state index contributed by atoms with van der Waals surface area (Å²) in [5.74, 6) is -2.03. The molecule has 1 aromatic carbocycles. The number of halogens is 2. The zero-order chi connectivity index (χ0) is 12.3. The lowest BCUT2D eigenvalue weighted by Gasteiger charge is -2.01. The number of carbonyl (C=O) groups is 1. The highest BCUT2D eigenvalue weighted by Gasteiger charge is 2.09. The molecule has 0 aliphatic heterocycles. The van der Waals surface area contributed by atoms with Gasteiger partial charge in [0.2, 0.25) is 0 Å². The van der Waals surface area contributed by atoms with Crippen LogP contribution in [0.3, 0.4) is 0 Å². The minimum Gasteiger partial charge on any atom is -0.294 e. The zero-order valence-corrected chi connectivity index (χ0v) is 8.86. The number of Topliss-reactive ketones (excluding diaryl/α,β-unsaturated/α-hetero) is 1. The molecule has 0 fully saturated rings. The molecule has 2 nitrogen and oxygen atoms in total. The van der Waals surface area contributed by atoms with Crippen molar-refractivity contribution >= 4 is 5.78 Å². The van der Waals surface area contributed by atoms with Crippen molar-refractivity contribution in [3.8, 4) is 0 Å². The van der Waals surface area contributed by atoms with Gasteiger partial charge in [-0.1, -0.05) is 6.07 Å². The fourth-order valence-corrected chi connectivity index (χ4v) is 1.46. The number of benzene rings is 1. The van der Waals surface area contributed by atoms with Gasteiger partial charge in [-0.3, -0.25) is 9.78 Å². The van der Waals surface area contributed by atoms with E-state index < -0.39 is 11.6 Å². The second-order valence-corrected chi connectivity index (χ2v) is 3.59. The molecule has 0 N–H and O–H groups in total. The molecule has 0 aliphatic rings. The van der Waals surface area contributed by atoms with E-state index in [0.717, 1.165) is 12.1 Å². The van der Waals surface area contributed by atoms with Gasteiger partial charge in [0.15, 0.2) is 17.4 Å². The molecule has 0 amide bonds. The quantitative estimate of drug-likeness (QED) is 0.763. The van der Waals surface area contributed by atoms with Crippen molar-refractivity contribution < 1.29 is 13.6 Å². The average molecular weight is 233 g/mol. The van der Waals surface area contributed by atoms with Crippen LogP contribution in [0.25, 0.3) is 0 Å². The smallest absolute Gasteiger partial charge is 0.168 e. The van der Waals surface area contributed by atoms with E-state index in [1.807, 2.05) is 0 Å². The van der Waals surface area contributed by atoms with E-state index in [0.29, 0.717) is 11.1 Å². The number of aromatic nitrogens is 1.